The van der Waals surface area contributed by atoms with Crippen LogP contribution in [0.2, 0.25) is 0 Å². The highest BCUT2D eigenvalue weighted by Crippen LogP contribution is 2.24. The summed E-state index contributed by atoms with van der Waals surface area (Å²) in [6.45, 7) is 5.52. The van der Waals surface area contributed by atoms with Gasteiger partial charge in [-0.15, -0.1) is 0 Å². The molecule has 1 atom stereocenters. The molecule has 5 heteroatoms. The molecule has 17 heavy (non-hydrogen) atoms. The Morgan fingerprint density at radius 3 is 2.88 bits per heavy atom. The first kappa shape index (κ1) is 14.9. The Morgan fingerprint density at radius 1 is 1.53 bits per heavy atom. The van der Waals surface area contributed by atoms with Crippen LogP contribution >= 0.6 is 38.5 Å². The van der Waals surface area contributed by atoms with Gasteiger partial charge in [0.2, 0.25) is 5.91 Å². The first-order valence-electron chi connectivity index (χ1n) is 5.51. The molecule has 0 aliphatic carbocycles. The molecule has 0 aliphatic heterocycles. The zero-order valence-electron chi connectivity index (χ0n) is 9.89. The Kier molecular flexibility index (Phi) is 6.43. The number of rotatable bonds is 5. The minimum absolute atomic E-state index is 0.0358. The number of carbonyl (C=O) groups excluding carboxylic acids is 1. The van der Waals surface area contributed by atoms with Crippen molar-refractivity contribution in [3.05, 3.63) is 26.2 Å². The van der Waals surface area contributed by atoms with E-state index >= 15 is 0 Å². The van der Waals surface area contributed by atoms with Crippen molar-refractivity contribution in [3.63, 3.8) is 0 Å². The number of amides is 1. The predicted molar refractivity (Wildman–Crippen MR) is 83.2 cm³/mol. The molecule has 0 radical (unpaired) electrons. The lowest BCUT2D eigenvalue weighted by atomic mass is 10.1. The predicted octanol–water partition coefficient (Wildman–Crippen LogP) is 3.24. The van der Waals surface area contributed by atoms with Crippen LogP contribution in [0, 0.1) is 9.49 Å². The quantitative estimate of drug-likeness (QED) is 0.731. The van der Waals surface area contributed by atoms with Crippen LogP contribution in [0.4, 0.5) is 5.69 Å². The summed E-state index contributed by atoms with van der Waals surface area (Å²) in [5.41, 5.74) is 0.824. The van der Waals surface area contributed by atoms with Crippen LogP contribution in [0.25, 0.3) is 0 Å². The fourth-order valence-corrected chi connectivity index (χ4v) is 2.14. The first-order chi connectivity index (χ1) is 8.04. The molecule has 1 amide bonds. The fourth-order valence-electron chi connectivity index (χ4n) is 1.30. The van der Waals surface area contributed by atoms with Gasteiger partial charge >= 0.3 is 0 Å². The van der Waals surface area contributed by atoms with Crippen molar-refractivity contribution >= 4 is 50.1 Å². The van der Waals surface area contributed by atoms with Crippen LogP contribution in [0.5, 0.6) is 0 Å². The summed E-state index contributed by atoms with van der Waals surface area (Å²) in [4.78, 5) is 11.9. The van der Waals surface area contributed by atoms with E-state index in [2.05, 4.69) is 49.2 Å². The molecule has 1 unspecified atom stereocenters. The molecule has 1 aromatic carbocycles. The average molecular weight is 411 g/mol. The topological polar surface area (TPSA) is 41.1 Å². The molecule has 0 fully saturated rings. The average Bonchev–Trinajstić information content (AvgIpc) is 2.30. The smallest absolute Gasteiger partial charge is 0.228 e. The van der Waals surface area contributed by atoms with E-state index in [1.165, 1.54) is 0 Å². The molecule has 0 aliphatic rings. The molecule has 3 nitrogen and oxygen atoms in total. The third kappa shape index (κ3) is 4.93. The highest BCUT2D eigenvalue weighted by Gasteiger charge is 2.13. The summed E-state index contributed by atoms with van der Waals surface area (Å²) in [6.07, 6.45) is 0. The Balaban J connectivity index is 2.64. The van der Waals surface area contributed by atoms with Crippen molar-refractivity contribution in [1.82, 2.24) is 5.32 Å². The van der Waals surface area contributed by atoms with E-state index in [0.717, 1.165) is 20.3 Å². The van der Waals surface area contributed by atoms with Gasteiger partial charge in [0, 0.05) is 20.5 Å². The Labute approximate surface area is 124 Å². The number of halogens is 2. The van der Waals surface area contributed by atoms with Crippen molar-refractivity contribution in [2.45, 2.75) is 13.8 Å². The fraction of sp³-hybridized carbons (Fsp3) is 0.417. The van der Waals surface area contributed by atoms with Gasteiger partial charge in [-0.3, -0.25) is 4.79 Å². The lowest BCUT2D eigenvalue weighted by Crippen LogP contribution is -2.30. The molecule has 0 aromatic heterocycles. The number of anilines is 1. The molecule has 0 bridgehead atoms. The van der Waals surface area contributed by atoms with Gasteiger partial charge in [0.1, 0.15) is 0 Å². The zero-order valence-corrected chi connectivity index (χ0v) is 13.6. The minimum atomic E-state index is -0.0419. The molecule has 1 rings (SSSR count). The van der Waals surface area contributed by atoms with E-state index in [1.54, 1.807) is 0 Å². The van der Waals surface area contributed by atoms with Gasteiger partial charge in [-0.25, -0.2) is 0 Å². The SMILES string of the molecule is CCNCC(C)C(=O)Nc1cc(I)ccc1Br. The van der Waals surface area contributed by atoms with Gasteiger partial charge in [-0.1, -0.05) is 13.8 Å². The second-order valence-corrected chi connectivity index (χ2v) is 5.92. The molecule has 0 saturated carbocycles. The molecule has 0 spiro atoms. The number of carbonyl (C=O) groups is 1. The normalized spacial score (nSPS) is 12.2. The van der Waals surface area contributed by atoms with Crippen LogP contribution in [0.15, 0.2) is 22.7 Å². The second kappa shape index (κ2) is 7.33. The summed E-state index contributed by atoms with van der Waals surface area (Å²) in [6, 6.07) is 5.87. The van der Waals surface area contributed by atoms with Crippen LogP contribution < -0.4 is 10.6 Å². The van der Waals surface area contributed by atoms with Crippen molar-refractivity contribution < 1.29 is 4.79 Å². The molecule has 94 valence electrons. The van der Waals surface area contributed by atoms with Gasteiger partial charge in [0.05, 0.1) is 5.69 Å². The van der Waals surface area contributed by atoms with E-state index < -0.39 is 0 Å². The number of nitrogens with one attached hydrogen (secondary N) is 2. The number of hydrogen-bond acceptors (Lipinski definition) is 2. The second-order valence-electron chi connectivity index (χ2n) is 3.82. The number of benzene rings is 1. The summed E-state index contributed by atoms with van der Waals surface area (Å²) < 4.78 is 2.00. The van der Waals surface area contributed by atoms with Gasteiger partial charge in [-0.2, -0.15) is 0 Å². The lowest BCUT2D eigenvalue weighted by Gasteiger charge is -2.13. The Bertz CT molecular complexity index is 398. The molecule has 2 N–H and O–H groups in total. The third-order valence-electron chi connectivity index (χ3n) is 2.33. The largest absolute Gasteiger partial charge is 0.325 e. The van der Waals surface area contributed by atoms with Crippen molar-refractivity contribution in [2.75, 3.05) is 18.4 Å². The van der Waals surface area contributed by atoms with Gasteiger partial charge in [-0.05, 0) is 63.3 Å². The standard InChI is InChI=1S/C12H16BrIN2O/c1-3-15-7-8(2)12(17)16-11-6-9(14)4-5-10(11)13/h4-6,8,15H,3,7H2,1-2H3,(H,16,17). The van der Waals surface area contributed by atoms with Crippen LogP contribution in [0.1, 0.15) is 13.8 Å². The monoisotopic (exact) mass is 410 g/mol. The maximum Gasteiger partial charge on any atom is 0.228 e. The number of hydrogen-bond donors (Lipinski definition) is 2. The highest BCUT2D eigenvalue weighted by atomic mass is 127. The summed E-state index contributed by atoms with van der Waals surface area (Å²) in [5.74, 6) is -0.00614. The molecular weight excluding hydrogens is 395 g/mol. The Hall–Kier alpha value is -0.140. The highest BCUT2D eigenvalue weighted by molar-refractivity contribution is 14.1. The van der Waals surface area contributed by atoms with E-state index in [-0.39, 0.29) is 11.8 Å². The van der Waals surface area contributed by atoms with E-state index in [9.17, 15) is 4.79 Å². The molecular formula is C12H16BrIN2O. The van der Waals surface area contributed by atoms with Gasteiger partial charge in [0.15, 0.2) is 0 Å². The van der Waals surface area contributed by atoms with E-state index in [1.807, 2.05) is 32.0 Å². The summed E-state index contributed by atoms with van der Waals surface area (Å²) in [5, 5.41) is 6.10. The van der Waals surface area contributed by atoms with Crippen LogP contribution in [-0.2, 0) is 4.79 Å². The molecule has 1 aromatic rings. The first-order valence-corrected chi connectivity index (χ1v) is 7.38. The van der Waals surface area contributed by atoms with Crippen molar-refractivity contribution in [3.8, 4) is 0 Å². The molecule has 0 heterocycles. The van der Waals surface area contributed by atoms with Crippen LogP contribution in [-0.4, -0.2) is 19.0 Å². The van der Waals surface area contributed by atoms with E-state index in [0.29, 0.717) is 6.54 Å². The zero-order chi connectivity index (χ0) is 12.8. The van der Waals surface area contributed by atoms with Crippen molar-refractivity contribution in [2.24, 2.45) is 5.92 Å². The summed E-state index contributed by atoms with van der Waals surface area (Å²) in [7, 11) is 0. The van der Waals surface area contributed by atoms with Crippen LogP contribution in [0.3, 0.4) is 0 Å². The lowest BCUT2D eigenvalue weighted by molar-refractivity contribution is -0.119. The third-order valence-corrected chi connectivity index (χ3v) is 3.70. The van der Waals surface area contributed by atoms with Crippen molar-refractivity contribution in [1.29, 1.82) is 0 Å². The minimum Gasteiger partial charge on any atom is -0.325 e. The maximum atomic E-state index is 11.9. The Morgan fingerprint density at radius 2 is 2.24 bits per heavy atom. The van der Waals surface area contributed by atoms with E-state index in [4.69, 9.17) is 0 Å². The summed E-state index contributed by atoms with van der Waals surface area (Å²) >= 11 is 5.65. The maximum absolute atomic E-state index is 11.9. The molecule has 0 saturated heterocycles. The van der Waals surface area contributed by atoms with Gasteiger partial charge in [0.25, 0.3) is 0 Å². The van der Waals surface area contributed by atoms with Gasteiger partial charge < -0.3 is 10.6 Å².